The third-order valence-electron chi connectivity index (χ3n) is 3.02. The van der Waals surface area contributed by atoms with Crippen molar-refractivity contribution in [3.63, 3.8) is 0 Å². The van der Waals surface area contributed by atoms with Crippen molar-refractivity contribution < 1.29 is 0 Å². The molecule has 6 heteroatoms. The minimum atomic E-state index is 0.642. The molecular formula is C15H13Cl2N3S. The number of anilines is 1. The highest BCUT2D eigenvalue weighted by atomic mass is 35.5. The van der Waals surface area contributed by atoms with Crippen LogP contribution in [0.25, 0.3) is 21.6 Å². The first-order chi connectivity index (χ1) is 10.2. The number of nitrogens with one attached hydrogen (secondary N) is 1. The van der Waals surface area contributed by atoms with Crippen molar-refractivity contribution in [3.8, 4) is 10.7 Å². The van der Waals surface area contributed by atoms with Crippen LogP contribution in [0.2, 0.25) is 10.0 Å². The van der Waals surface area contributed by atoms with Gasteiger partial charge in [-0.25, -0.2) is 9.97 Å². The van der Waals surface area contributed by atoms with Gasteiger partial charge in [0.15, 0.2) is 5.82 Å². The molecule has 0 aliphatic heterocycles. The van der Waals surface area contributed by atoms with Crippen molar-refractivity contribution in [2.45, 2.75) is 13.3 Å². The summed E-state index contributed by atoms with van der Waals surface area (Å²) < 4.78 is 0. The first-order valence-electron chi connectivity index (χ1n) is 6.63. The summed E-state index contributed by atoms with van der Waals surface area (Å²) in [5.41, 5.74) is 0.854. The van der Waals surface area contributed by atoms with E-state index in [0.29, 0.717) is 15.9 Å². The van der Waals surface area contributed by atoms with Crippen LogP contribution in [-0.2, 0) is 0 Å². The first kappa shape index (κ1) is 14.6. The van der Waals surface area contributed by atoms with Crippen molar-refractivity contribution in [1.82, 2.24) is 9.97 Å². The minimum absolute atomic E-state index is 0.642. The van der Waals surface area contributed by atoms with Crippen LogP contribution in [0.15, 0.2) is 29.6 Å². The van der Waals surface area contributed by atoms with Gasteiger partial charge in [-0.1, -0.05) is 30.1 Å². The highest BCUT2D eigenvalue weighted by molar-refractivity contribution is 7.14. The number of hydrogen-bond acceptors (Lipinski definition) is 4. The normalized spacial score (nSPS) is 11.0. The molecule has 1 aromatic carbocycles. The van der Waals surface area contributed by atoms with Gasteiger partial charge in [0.2, 0.25) is 0 Å². The fourth-order valence-electron chi connectivity index (χ4n) is 2.03. The molecule has 3 rings (SSSR count). The highest BCUT2D eigenvalue weighted by Gasteiger charge is 2.13. The van der Waals surface area contributed by atoms with E-state index in [1.165, 1.54) is 11.3 Å². The number of rotatable bonds is 4. The molecule has 2 aromatic heterocycles. The number of aromatic nitrogens is 2. The first-order valence-corrected chi connectivity index (χ1v) is 8.27. The predicted molar refractivity (Wildman–Crippen MR) is 91.7 cm³/mol. The molecule has 21 heavy (non-hydrogen) atoms. The van der Waals surface area contributed by atoms with Gasteiger partial charge in [0.05, 0.1) is 15.4 Å². The Bertz CT molecular complexity index is 786. The fraction of sp³-hybridized carbons (Fsp3) is 0.200. The largest absolute Gasteiger partial charge is 0.369 e. The maximum Gasteiger partial charge on any atom is 0.173 e. The van der Waals surface area contributed by atoms with Crippen LogP contribution in [0, 0.1) is 0 Å². The Labute approximate surface area is 137 Å². The number of halogens is 2. The number of benzene rings is 1. The summed E-state index contributed by atoms with van der Waals surface area (Å²) in [5.74, 6) is 1.44. The predicted octanol–water partition coefficient (Wildman–Crippen LogP) is 5.49. The lowest BCUT2D eigenvalue weighted by Crippen LogP contribution is -2.04. The Hall–Kier alpha value is -1.36. The van der Waals surface area contributed by atoms with Gasteiger partial charge in [0, 0.05) is 17.0 Å². The molecule has 108 valence electrons. The lowest BCUT2D eigenvalue weighted by Gasteiger charge is -2.10. The van der Waals surface area contributed by atoms with Gasteiger partial charge >= 0.3 is 0 Å². The Balaban J connectivity index is 2.19. The summed E-state index contributed by atoms with van der Waals surface area (Å²) >= 11 is 13.8. The van der Waals surface area contributed by atoms with Crippen molar-refractivity contribution in [2.24, 2.45) is 0 Å². The van der Waals surface area contributed by atoms with Gasteiger partial charge < -0.3 is 5.32 Å². The number of thiophene rings is 1. The van der Waals surface area contributed by atoms with E-state index < -0.39 is 0 Å². The second kappa shape index (κ2) is 6.18. The molecule has 0 fully saturated rings. The summed E-state index contributed by atoms with van der Waals surface area (Å²) in [6.45, 7) is 2.96. The van der Waals surface area contributed by atoms with Crippen molar-refractivity contribution >= 4 is 51.3 Å². The monoisotopic (exact) mass is 337 g/mol. The van der Waals surface area contributed by atoms with Crippen LogP contribution in [0.4, 0.5) is 5.82 Å². The third kappa shape index (κ3) is 2.98. The van der Waals surface area contributed by atoms with E-state index in [1.54, 1.807) is 0 Å². The van der Waals surface area contributed by atoms with Crippen molar-refractivity contribution in [2.75, 3.05) is 11.9 Å². The van der Waals surface area contributed by atoms with E-state index >= 15 is 0 Å². The van der Waals surface area contributed by atoms with E-state index in [0.717, 1.165) is 34.6 Å². The quantitative estimate of drug-likeness (QED) is 0.684. The second-order valence-corrected chi connectivity index (χ2v) is 6.34. The standard InChI is InChI=1S/C15H13Cl2N3S/c1-2-6-18-14-10-8-9(16)3-4-12(10)19-15(20-14)13-11(17)5-7-21-13/h3-5,7-8H,2,6H2,1H3,(H,18,19,20). The van der Waals surface area contributed by atoms with Crippen LogP contribution < -0.4 is 5.32 Å². The molecule has 0 amide bonds. The van der Waals surface area contributed by atoms with Crippen LogP contribution in [0.1, 0.15) is 13.3 Å². The van der Waals surface area contributed by atoms with Gasteiger partial charge in [0.1, 0.15) is 5.82 Å². The van der Waals surface area contributed by atoms with Gasteiger partial charge in [-0.2, -0.15) is 0 Å². The lowest BCUT2D eigenvalue weighted by molar-refractivity contribution is 0.970. The molecule has 0 radical (unpaired) electrons. The molecule has 0 unspecified atom stereocenters. The summed E-state index contributed by atoms with van der Waals surface area (Å²) in [6, 6.07) is 7.48. The Kier molecular flexibility index (Phi) is 4.29. The topological polar surface area (TPSA) is 37.8 Å². The molecule has 0 saturated heterocycles. The van der Waals surface area contributed by atoms with E-state index in [-0.39, 0.29) is 0 Å². The molecular weight excluding hydrogens is 325 g/mol. The zero-order valence-corrected chi connectivity index (χ0v) is 13.7. The summed E-state index contributed by atoms with van der Waals surface area (Å²) in [6.07, 6.45) is 1.02. The van der Waals surface area contributed by atoms with Crippen LogP contribution >= 0.6 is 34.5 Å². The van der Waals surface area contributed by atoms with Gasteiger partial charge in [0.25, 0.3) is 0 Å². The molecule has 0 atom stereocenters. The molecule has 0 spiro atoms. The second-order valence-electron chi connectivity index (χ2n) is 4.58. The lowest BCUT2D eigenvalue weighted by atomic mass is 10.2. The molecule has 2 heterocycles. The van der Waals surface area contributed by atoms with Gasteiger partial charge in [-0.3, -0.25) is 0 Å². The number of hydrogen-bond donors (Lipinski definition) is 1. The van der Waals surface area contributed by atoms with Crippen LogP contribution in [0.3, 0.4) is 0 Å². The van der Waals surface area contributed by atoms with Crippen LogP contribution in [-0.4, -0.2) is 16.5 Å². The molecule has 1 N–H and O–H groups in total. The maximum absolute atomic E-state index is 6.20. The minimum Gasteiger partial charge on any atom is -0.369 e. The van der Waals surface area contributed by atoms with E-state index in [9.17, 15) is 0 Å². The maximum atomic E-state index is 6.20. The van der Waals surface area contributed by atoms with Gasteiger partial charge in [-0.05, 0) is 36.1 Å². The smallest absolute Gasteiger partial charge is 0.173 e. The molecule has 0 bridgehead atoms. The summed E-state index contributed by atoms with van der Waals surface area (Å²) in [5, 5.41) is 7.55. The molecule has 3 aromatic rings. The van der Waals surface area contributed by atoms with Crippen molar-refractivity contribution in [1.29, 1.82) is 0 Å². The average molecular weight is 338 g/mol. The summed E-state index contributed by atoms with van der Waals surface area (Å²) in [4.78, 5) is 10.1. The third-order valence-corrected chi connectivity index (χ3v) is 4.59. The zero-order chi connectivity index (χ0) is 14.8. The number of fused-ring (bicyclic) bond motifs is 1. The molecule has 3 nitrogen and oxygen atoms in total. The Morgan fingerprint density at radius 3 is 2.76 bits per heavy atom. The molecule has 0 saturated carbocycles. The van der Waals surface area contributed by atoms with Crippen LogP contribution in [0.5, 0.6) is 0 Å². The fourth-order valence-corrected chi connectivity index (χ4v) is 3.28. The summed E-state index contributed by atoms with van der Waals surface area (Å²) in [7, 11) is 0. The van der Waals surface area contributed by atoms with Crippen molar-refractivity contribution in [3.05, 3.63) is 39.7 Å². The van der Waals surface area contributed by atoms with E-state index in [1.807, 2.05) is 29.6 Å². The Morgan fingerprint density at radius 2 is 2.05 bits per heavy atom. The molecule has 0 aliphatic carbocycles. The Morgan fingerprint density at radius 1 is 1.19 bits per heavy atom. The number of nitrogens with zero attached hydrogens (tertiary/aromatic N) is 2. The SMILES string of the molecule is CCCNc1nc(-c2sccc2Cl)nc2ccc(Cl)cc12. The van der Waals surface area contributed by atoms with Gasteiger partial charge in [-0.15, -0.1) is 11.3 Å². The average Bonchev–Trinajstić information content (AvgIpc) is 2.91. The van der Waals surface area contributed by atoms with E-state index in [4.69, 9.17) is 23.2 Å². The zero-order valence-electron chi connectivity index (χ0n) is 11.4. The van der Waals surface area contributed by atoms with E-state index in [2.05, 4.69) is 22.2 Å². The highest BCUT2D eigenvalue weighted by Crippen LogP contribution is 2.34. The molecule has 0 aliphatic rings.